The molecule has 1 fully saturated rings. The average molecular weight is 478 g/mol. The fourth-order valence-corrected chi connectivity index (χ4v) is 4.90. The largest absolute Gasteiger partial charge is 0.490 e. The Balaban J connectivity index is 1.74. The molecule has 0 bridgehead atoms. The van der Waals surface area contributed by atoms with Crippen LogP contribution < -0.4 is 15.4 Å². The maximum Gasteiger partial charge on any atom is 0.411 e. The minimum absolute atomic E-state index is 0.0152. The molecule has 0 saturated heterocycles. The van der Waals surface area contributed by atoms with E-state index in [1.54, 1.807) is 38.4 Å². The van der Waals surface area contributed by atoms with Crippen LogP contribution >= 0.6 is 11.3 Å². The number of carboxylic acid groups (broad SMARTS) is 1. The Bertz CT molecular complexity index is 940. The number of nitrogens with one attached hydrogen (secondary N) is 2. The van der Waals surface area contributed by atoms with Crippen LogP contribution in [0.2, 0.25) is 0 Å². The smallest absolute Gasteiger partial charge is 0.411 e. The number of thiazole rings is 1. The van der Waals surface area contributed by atoms with Gasteiger partial charge in [-0.2, -0.15) is 0 Å². The van der Waals surface area contributed by atoms with Crippen LogP contribution in [0.3, 0.4) is 0 Å². The lowest BCUT2D eigenvalue weighted by Crippen LogP contribution is -2.36. The van der Waals surface area contributed by atoms with Crippen molar-refractivity contribution in [3.8, 4) is 16.2 Å². The molecule has 0 aliphatic heterocycles. The number of rotatable bonds is 9. The summed E-state index contributed by atoms with van der Waals surface area (Å²) in [6, 6.07) is 5.50. The maximum absolute atomic E-state index is 12.0. The molecule has 0 unspecified atom stereocenters. The molecular formula is C23H31N3O6S. The lowest BCUT2D eigenvalue weighted by atomic mass is 9.86. The van der Waals surface area contributed by atoms with E-state index in [4.69, 9.17) is 19.3 Å². The van der Waals surface area contributed by atoms with Crippen molar-refractivity contribution < 1.29 is 28.9 Å². The van der Waals surface area contributed by atoms with Crippen LogP contribution in [0.25, 0.3) is 10.4 Å². The molecular weight excluding hydrogens is 446 g/mol. The predicted molar refractivity (Wildman–Crippen MR) is 126 cm³/mol. The van der Waals surface area contributed by atoms with Crippen LogP contribution in [0.4, 0.5) is 15.3 Å². The highest BCUT2D eigenvalue weighted by Crippen LogP contribution is 2.41. The minimum Gasteiger partial charge on any atom is -0.490 e. The number of methoxy groups -OCH3 is 1. The summed E-state index contributed by atoms with van der Waals surface area (Å²) in [5.41, 5.74) is 1.46. The van der Waals surface area contributed by atoms with Gasteiger partial charge >= 0.3 is 12.2 Å². The third-order valence-corrected chi connectivity index (χ3v) is 6.50. The first-order valence-electron chi connectivity index (χ1n) is 11.0. The number of hydrogen-bond acceptors (Lipinski definition) is 7. The summed E-state index contributed by atoms with van der Waals surface area (Å²) in [5.74, 6) is 0.944. The van der Waals surface area contributed by atoms with E-state index in [0.29, 0.717) is 30.6 Å². The Kier molecular flexibility index (Phi) is 8.90. The number of nitrogens with zero attached hydrogens (tertiary/aromatic N) is 1. The Morgan fingerprint density at radius 1 is 1.21 bits per heavy atom. The van der Waals surface area contributed by atoms with Gasteiger partial charge in [-0.1, -0.05) is 0 Å². The molecule has 1 aliphatic rings. The van der Waals surface area contributed by atoms with Crippen LogP contribution in [0, 0.1) is 0 Å². The zero-order valence-electron chi connectivity index (χ0n) is 19.1. The number of amides is 2. The molecule has 10 heteroatoms. The minimum atomic E-state index is -0.966. The van der Waals surface area contributed by atoms with Gasteiger partial charge in [0.1, 0.15) is 12.4 Å². The molecule has 2 amide bonds. The van der Waals surface area contributed by atoms with Gasteiger partial charge in [0.05, 0.1) is 22.6 Å². The Morgan fingerprint density at radius 3 is 2.64 bits per heavy atom. The summed E-state index contributed by atoms with van der Waals surface area (Å²) < 4.78 is 16.2. The van der Waals surface area contributed by atoms with Gasteiger partial charge in [-0.25, -0.2) is 14.6 Å². The molecule has 1 heterocycles. The number of ether oxygens (including phenoxy) is 3. The lowest BCUT2D eigenvalue weighted by Gasteiger charge is -2.27. The van der Waals surface area contributed by atoms with Crippen LogP contribution in [0.1, 0.15) is 50.5 Å². The molecule has 0 atom stereocenters. The molecule has 3 rings (SSSR count). The normalized spacial score (nSPS) is 18.1. The second kappa shape index (κ2) is 11.9. The van der Waals surface area contributed by atoms with Gasteiger partial charge in [0, 0.05) is 42.6 Å². The van der Waals surface area contributed by atoms with Crippen molar-refractivity contribution in [2.24, 2.45) is 0 Å². The van der Waals surface area contributed by atoms with Gasteiger partial charge < -0.3 is 24.6 Å². The SMILES string of the molecule is COCCOc1cc(NC(=O)OC(C)C)ccc1-c1cnc(C2CCC(NC(=O)O)CC2)s1. The molecule has 3 N–H and O–H groups in total. The molecule has 1 aromatic carbocycles. The van der Waals surface area contributed by atoms with E-state index in [1.165, 1.54) is 0 Å². The van der Waals surface area contributed by atoms with E-state index in [2.05, 4.69) is 15.6 Å². The van der Waals surface area contributed by atoms with E-state index in [0.717, 1.165) is 41.1 Å². The molecule has 2 aromatic rings. The van der Waals surface area contributed by atoms with Gasteiger partial charge in [-0.15, -0.1) is 11.3 Å². The molecule has 1 aromatic heterocycles. The Morgan fingerprint density at radius 2 is 1.97 bits per heavy atom. The lowest BCUT2D eigenvalue weighted by molar-refractivity contribution is 0.130. The molecule has 0 spiro atoms. The third-order valence-electron chi connectivity index (χ3n) is 5.31. The highest BCUT2D eigenvalue weighted by molar-refractivity contribution is 7.15. The first-order valence-corrected chi connectivity index (χ1v) is 11.9. The number of carbonyl (C=O) groups is 2. The van der Waals surface area contributed by atoms with Crippen molar-refractivity contribution in [3.05, 3.63) is 29.4 Å². The van der Waals surface area contributed by atoms with Crippen molar-refractivity contribution in [1.82, 2.24) is 10.3 Å². The van der Waals surface area contributed by atoms with E-state index in [9.17, 15) is 9.59 Å². The van der Waals surface area contributed by atoms with E-state index in [1.807, 2.05) is 18.3 Å². The summed E-state index contributed by atoms with van der Waals surface area (Å²) in [7, 11) is 1.61. The zero-order chi connectivity index (χ0) is 23.8. The van der Waals surface area contributed by atoms with Crippen molar-refractivity contribution in [2.75, 3.05) is 25.6 Å². The first kappa shape index (κ1) is 24.8. The monoisotopic (exact) mass is 477 g/mol. The van der Waals surface area contributed by atoms with E-state index < -0.39 is 12.2 Å². The third kappa shape index (κ3) is 7.33. The molecule has 1 saturated carbocycles. The fourth-order valence-electron chi connectivity index (χ4n) is 3.78. The zero-order valence-corrected chi connectivity index (χ0v) is 19.9. The summed E-state index contributed by atoms with van der Waals surface area (Å²) in [4.78, 5) is 28.5. The maximum atomic E-state index is 12.0. The summed E-state index contributed by atoms with van der Waals surface area (Å²) >= 11 is 1.62. The summed E-state index contributed by atoms with van der Waals surface area (Å²) in [6.07, 6.45) is 3.56. The van der Waals surface area contributed by atoms with Gasteiger partial charge in [-0.3, -0.25) is 5.32 Å². The Hall–Kier alpha value is -2.85. The van der Waals surface area contributed by atoms with Crippen molar-refractivity contribution in [2.45, 2.75) is 57.6 Å². The Labute approximate surface area is 197 Å². The molecule has 33 heavy (non-hydrogen) atoms. The standard InChI is InChI=1S/C23H31N3O6S/c1-14(2)32-23(29)26-17-8-9-18(19(12-17)31-11-10-30-3)20-13-24-21(33-20)15-4-6-16(7-5-15)25-22(27)28/h8-9,12-16,25H,4-7,10-11H2,1-3H3,(H,26,29)(H,27,28). The fraction of sp³-hybridized carbons (Fsp3) is 0.522. The molecule has 180 valence electrons. The topological polar surface area (TPSA) is 119 Å². The van der Waals surface area contributed by atoms with Crippen LogP contribution in [-0.2, 0) is 9.47 Å². The van der Waals surface area contributed by atoms with Gasteiger partial charge in [0.2, 0.25) is 0 Å². The van der Waals surface area contributed by atoms with Crippen LogP contribution in [0.15, 0.2) is 24.4 Å². The summed E-state index contributed by atoms with van der Waals surface area (Å²) in [5, 5.41) is 15.3. The number of hydrogen-bond donors (Lipinski definition) is 3. The second-order valence-corrected chi connectivity index (χ2v) is 9.25. The number of benzene rings is 1. The van der Waals surface area contributed by atoms with Crippen molar-refractivity contribution in [1.29, 1.82) is 0 Å². The quantitative estimate of drug-likeness (QED) is 0.431. The van der Waals surface area contributed by atoms with Crippen LogP contribution in [0.5, 0.6) is 5.75 Å². The van der Waals surface area contributed by atoms with E-state index in [-0.39, 0.29) is 12.1 Å². The van der Waals surface area contributed by atoms with Gasteiger partial charge in [-0.05, 0) is 51.7 Å². The van der Waals surface area contributed by atoms with Crippen molar-refractivity contribution in [3.63, 3.8) is 0 Å². The molecule has 9 nitrogen and oxygen atoms in total. The van der Waals surface area contributed by atoms with Gasteiger partial charge in [0.25, 0.3) is 0 Å². The van der Waals surface area contributed by atoms with Gasteiger partial charge in [0.15, 0.2) is 0 Å². The number of anilines is 1. The second-order valence-electron chi connectivity index (χ2n) is 8.19. The summed E-state index contributed by atoms with van der Waals surface area (Å²) in [6.45, 7) is 4.39. The highest BCUT2D eigenvalue weighted by atomic mass is 32.1. The van der Waals surface area contributed by atoms with Crippen LogP contribution in [-0.4, -0.2) is 54.7 Å². The molecule has 1 aliphatic carbocycles. The number of carbonyl (C=O) groups excluding carboxylic acids is 1. The first-order chi connectivity index (χ1) is 15.9. The number of aromatic nitrogens is 1. The van der Waals surface area contributed by atoms with Crippen molar-refractivity contribution >= 4 is 29.2 Å². The molecule has 0 radical (unpaired) electrons. The average Bonchev–Trinajstić information content (AvgIpc) is 3.23. The predicted octanol–water partition coefficient (Wildman–Crippen LogP) is 5.09. The highest BCUT2D eigenvalue weighted by Gasteiger charge is 2.26. The van der Waals surface area contributed by atoms with E-state index >= 15 is 0 Å².